The fourth-order valence-electron chi connectivity index (χ4n) is 3.17. The van der Waals surface area contributed by atoms with E-state index < -0.39 is 0 Å². The number of amides is 2. The van der Waals surface area contributed by atoms with E-state index in [9.17, 15) is 9.59 Å². The summed E-state index contributed by atoms with van der Waals surface area (Å²) in [6.07, 6.45) is 0. The Balaban J connectivity index is 1.25. The molecule has 1 saturated heterocycles. The fraction of sp³-hybridized carbons (Fsp3) is 0.474. The first-order valence-electron chi connectivity index (χ1n) is 9.80. The minimum atomic E-state index is -0.0607. The molecule has 0 spiro atoms. The van der Waals surface area contributed by atoms with Crippen LogP contribution in [0.5, 0.6) is 11.5 Å². The molecule has 12 heteroatoms. The molecule has 0 aliphatic carbocycles. The lowest BCUT2D eigenvalue weighted by Gasteiger charge is -2.34. The third-order valence-electron chi connectivity index (χ3n) is 4.81. The number of rotatable bonds is 8. The fourth-order valence-corrected chi connectivity index (χ4v) is 4.89. The van der Waals surface area contributed by atoms with Gasteiger partial charge in [-0.25, -0.2) is 0 Å². The summed E-state index contributed by atoms with van der Waals surface area (Å²) in [6.45, 7) is 3.70. The van der Waals surface area contributed by atoms with Gasteiger partial charge in [-0.2, -0.15) is 0 Å². The SMILES string of the molecule is COCCNC(=O)CSc1nnc(N2CCN(C(=O)c3ccc4c(c3)OCO4)CC2)s1. The largest absolute Gasteiger partial charge is 0.454 e. The molecule has 1 fully saturated rings. The Bertz CT molecular complexity index is 932. The number of methoxy groups -OCH3 is 1. The van der Waals surface area contributed by atoms with Crippen LogP contribution >= 0.6 is 23.1 Å². The number of benzene rings is 1. The van der Waals surface area contributed by atoms with Crippen molar-refractivity contribution in [3.63, 3.8) is 0 Å². The van der Waals surface area contributed by atoms with Gasteiger partial charge in [-0.1, -0.05) is 23.1 Å². The maximum Gasteiger partial charge on any atom is 0.254 e. The van der Waals surface area contributed by atoms with E-state index in [0.717, 1.165) is 9.47 Å². The second kappa shape index (κ2) is 10.2. The van der Waals surface area contributed by atoms with E-state index in [2.05, 4.69) is 20.4 Å². The number of carbonyl (C=O) groups excluding carboxylic acids is 2. The normalized spacial score (nSPS) is 15.3. The van der Waals surface area contributed by atoms with Crippen LogP contribution in [0.2, 0.25) is 0 Å². The summed E-state index contributed by atoms with van der Waals surface area (Å²) in [5, 5.41) is 12.0. The summed E-state index contributed by atoms with van der Waals surface area (Å²) < 4.78 is 16.3. The number of piperazine rings is 1. The van der Waals surface area contributed by atoms with Crippen LogP contribution in [0.15, 0.2) is 22.5 Å². The van der Waals surface area contributed by atoms with E-state index in [0.29, 0.717) is 56.4 Å². The van der Waals surface area contributed by atoms with E-state index >= 15 is 0 Å². The lowest BCUT2D eigenvalue weighted by Crippen LogP contribution is -2.48. The topological polar surface area (TPSA) is 106 Å². The lowest BCUT2D eigenvalue weighted by molar-refractivity contribution is -0.118. The van der Waals surface area contributed by atoms with Crippen LogP contribution in [-0.2, 0) is 9.53 Å². The first-order chi connectivity index (χ1) is 15.1. The smallest absolute Gasteiger partial charge is 0.254 e. The Labute approximate surface area is 187 Å². The Kier molecular flexibility index (Phi) is 7.10. The zero-order valence-electron chi connectivity index (χ0n) is 17.0. The third kappa shape index (κ3) is 5.38. The highest BCUT2D eigenvalue weighted by molar-refractivity contribution is 8.01. The van der Waals surface area contributed by atoms with Crippen LogP contribution in [0.4, 0.5) is 5.13 Å². The molecule has 0 radical (unpaired) electrons. The van der Waals surface area contributed by atoms with Crippen molar-refractivity contribution < 1.29 is 23.8 Å². The maximum absolute atomic E-state index is 12.8. The Morgan fingerprint density at radius 3 is 2.81 bits per heavy atom. The second-order valence-electron chi connectivity index (χ2n) is 6.83. The number of hydrogen-bond acceptors (Lipinski definition) is 10. The number of nitrogens with zero attached hydrogens (tertiary/aromatic N) is 4. The van der Waals surface area contributed by atoms with Gasteiger partial charge in [-0.3, -0.25) is 9.59 Å². The van der Waals surface area contributed by atoms with E-state index in [1.165, 1.54) is 23.1 Å². The van der Waals surface area contributed by atoms with Crippen molar-refractivity contribution in [1.82, 2.24) is 20.4 Å². The molecule has 2 aliphatic heterocycles. The molecule has 1 N–H and O–H groups in total. The molecule has 2 aliphatic rings. The van der Waals surface area contributed by atoms with Gasteiger partial charge >= 0.3 is 0 Å². The van der Waals surface area contributed by atoms with Gasteiger partial charge in [-0.15, -0.1) is 10.2 Å². The molecule has 1 aromatic heterocycles. The Morgan fingerprint density at radius 1 is 1.19 bits per heavy atom. The van der Waals surface area contributed by atoms with Crippen molar-refractivity contribution in [2.45, 2.75) is 4.34 Å². The van der Waals surface area contributed by atoms with Crippen molar-refractivity contribution in [3.05, 3.63) is 23.8 Å². The maximum atomic E-state index is 12.8. The Hall–Kier alpha value is -2.57. The van der Waals surface area contributed by atoms with Crippen LogP contribution in [0.1, 0.15) is 10.4 Å². The van der Waals surface area contributed by atoms with E-state index in [1.54, 1.807) is 25.3 Å². The first-order valence-corrected chi connectivity index (χ1v) is 11.6. The molecule has 0 saturated carbocycles. The monoisotopic (exact) mass is 465 g/mol. The molecule has 0 bridgehead atoms. The molecule has 3 heterocycles. The van der Waals surface area contributed by atoms with Gasteiger partial charge in [0.2, 0.25) is 17.8 Å². The van der Waals surface area contributed by atoms with Crippen LogP contribution in [-0.4, -0.2) is 85.9 Å². The summed E-state index contributed by atoms with van der Waals surface area (Å²) in [7, 11) is 1.59. The van der Waals surface area contributed by atoms with Crippen LogP contribution in [0.25, 0.3) is 0 Å². The number of aromatic nitrogens is 2. The zero-order valence-corrected chi connectivity index (χ0v) is 18.7. The molecular weight excluding hydrogens is 442 g/mol. The number of fused-ring (bicyclic) bond motifs is 1. The zero-order chi connectivity index (χ0) is 21.6. The quantitative estimate of drug-likeness (QED) is 0.453. The average Bonchev–Trinajstić information content (AvgIpc) is 3.46. The predicted octanol–water partition coefficient (Wildman–Crippen LogP) is 1.08. The third-order valence-corrected chi connectivity index (χ3v) is 6.93. The van der Waals surface area contributed by atoms with Crippen molar-refractivity contribution in [2.24, 2.45) is 0 Å². The molecule has 166 valence electrons. The Morgan fingerprint density at radius 2 is 2.00 bits per heavy atom. The lowest BCUT2D eigenvalue weighted by atomic mass is 10.1. The summed E-state index contributed by atoms with van der Waals surface area (Å²) in [5.41, 5.74) is 0.594. The summed E-state index contributed by atoms with van der Waals surface area (Å²) in [6, 6.07) is 5.27. The van der Waals surface area contributed by atoms with Gasteiger partial charge in [0.25, 0.3) is 5.91 Å². The molecule has 31 heavy (non-hydrogen) atoms. The highest BCUT2D eigenvalue weighted by Crippen LogP contribution is 2.33. The molecule has 2 aromatic rings. The number of thioether (sulfide) groups is 1. The standard InChI is InChI=1S/C19H23N5O5S2/c1-27-9-4-20-16(25)11-30-19-22-21-18(31-19)24-7-5-23(6-8-24)17(26)13-2-3-14-15(10-13)29-12-28-14/h2-3,10H,4-9,11-12H2,1H3,(H,20,25). The number of hydrogen-bond donors (Lipinski definition) is 1. The predicted molar refractivity (Wildman–Crippen MR) is 116 cm³/mol. The van der Waals surface area contributed by atoms with Gasteiger partial charge in [0.05, 0.1) is 12.4 Å². The van der Waals surface area contributed by atoms with Crippen LogP contribution in [0.3, 0.4) is 0 Å². The number of ether oxygens (including phenoxy) is 3. The second-order valence-corrected chi connectivity index (χ2v) is 9.01. The number of carbonyl (C=O) groups is 2. The molecule has 0 unspecified atom stereocenters. The van der Waals surface area contributed by atoms with Gasteiger partial charge < -0.3 is 29.3 Å². The molecule has 2 amide bonds. The van der Waals surface area contributed by atoms with Crippen LogP contribution in [0, 0.1) is 0 Å². The van der Waals surface area contributed by atoms with Gasteiger partial charge in [0, 0.05) is 45.4 Å². The van der Waals surface area contributed by atoms with Gasteiger partial charge in [-0.05, 0) is 18.2 Å². The van der Waals surface area contributed by atoms with E-state index in [4.69, 9.17) is 14.2 Å². The van der Waals surface area contributed by atoms with Crippen molar-refractivity contribution in [3.8, 4) is 11.5 Å². The van der Waals surface area contributed by atoms with Crippen molar-refractivity contribution in [1.29, 1.82) is 0 Å². The minimum Gasteiger partial charge on any atom is -0.454 e. The van der Waals surface area contributed by atoms with Gasteiger partial charge in [0.15, 0.2) is 15.8 Å². The number of nitrogens with one attached hydrogen (secondary N) is 1. The van der Waals surface area contributed by atoms with Gasteiger partial charge in [0.1, 0.15) is 0 Å². The van der Waals surface area contributed by atoms with E-state index in [1.807, 2.05) is 4.90 Å². The first kappa shape index (κ1) is 21.7. The molecule has 1 aromatic carbocycles. The molecule has 0 atom stereocenters. The minimum absolute atomic E-state index is 0.0223. The molecule has 4 rings (SSSR count). The van der Waals surface area contributed by atoms with Crippen molar-refractivity contribution >= 4 is 40.0 Å². The average molecular weight is 466 g/mol. The van der Waals surface area contributed by atoms with E-state index in [-0.39, 0.29) is 24.4 Å². The van der Waals surface area contributed by atoms with Crippen molar-refractivity contribution in [2.75, 3.05) is 63.9 Å². The summed E-state index contributed by atoms with van der Waals surface area (Å²) >= 11 is 2.82. The summed E-state index contributed by atoms with van der Waals surface area (Å²) in [4.78, 5) is 28.6. The molecule has 10 nitrogen and oxygen atoms in total. The number of anilines is 1. The molecular formula is C19H23N5O5S2. The highest BCUT2D eigenvalue weighted by Gasteiger charge is 2.25. The summed E-state index contributed by atoms with van der Waals surface area (Å²) in [5.74, 6) is 1.48. The highest BCUT2D eigenvalue weighted by atomic mass is 32.2. The van der Waals surface area contributed by atoms with Crippen LogP contribution < -0.4 is 19.7 Å².